The molecule has 14 heavy (non-hydrogen) atoms. The molecule has 2 N–H and O–H groups in total. The first kappa shape index (κ1) is 10.8. The fraction of sp³-hybridized carbons (Fsp3) is 0.400. The largest absolute Gasteiger partial charge is 0.393 e. The van der Waals surface area contributed by atoms with E-state index in [1.165, 1.54) is 6.08 Å². The maximum absolute atomic E-state index is 9.06. The molecule has 0 aliphatic rings. The molecular formula is C10H14N2O2. The minimum atomic E-state index is -0.835. The first-order chi connectivity index (χ1) is 6.63. The zero-order valence-corrected chi connectivity index (χ0v) is 8.31. The van der Waals surface area contributed by atoms with E-state index in [2.05, 4.69) is 9.97 Å². The highest BCUT2D eigenvalue weighted by Gasteiger charge is 1.98. The Morgan fingerprint density at radius 1 is 1.43 bits per heavy atom. The molecular weight excluding hydrogens is 180 g/mol. The van der Waals surface area contributed by atoms with Gasteiger partial charge in [-0.2, -0.15) is 0 Å². The van der Waals surface area contributed by atoms with Crippen molar-refractivity contribution >= 4 is 6.08 Å². The van der Waals surface area contributed by atoms with Crippen LogP contribution in [0.5, 0.6) is 0 Å². The summed E-state index contributed by atoms with van der Waals surface area (Å²) in [4.78, 5) is 8.36. The molecule has 0 aliphatic carbocycles. The number of aromatic nitrogens is 2. The molecule has 1 heterocycles. The second kappa shape index (κ2) is 4.83. The summed E-state index contributed by atoms with van der Waals surface area (Å²) in [6.07, 6.45) is 3.92. The predicted octanol–water partition coefficient (Wildman–Crippen LogP) is 0.460. The number of aryl methyl sites for hydroxylation is 2. The van der Waals surface area contributed by atoms with Gasteiger partial charge in [-0.25, -0.2) is 0 Å². The van der Waals surface area contributed by atoms with Crippen LogP contribution in [0.3, 0.4) is 0 Å². The van der Waals surface area contributed by atoms with E-state index in [9.17, 15) is 0 Å². The summed E-state index contributed by atoms with van der Waals surface area (Å²) in [5, 5.41) is 17.6. The molecule has 0 unspecified atom stereocenters. The lowest BCUT2D eigenvalue weighted by molar-refractivity contribution is 0.131. The molecule has 4 heteroatoms. The van der Waals surface area contributed by atoms with Gasteiger partial charge in [0.2, 0.25) is 0 Å². The smallest absolute Gasteiger partial charge is 0.0955 e. The number of aliphatic hydroxyl groups is 2. The van der Waals surface area contributed by atoms with E-state index in [0.29, 0.717) is 5.69 Å². The Morgan fingerprint density at radius 2 is 2.14 bits per heavy atom. The van der Waals surface area contributed by atoms with Gasteiger partial charge >= 0.3 is 0 Å². The van der Waals surface area contributed by atoms with Crippen LogP contribution in [0.15, 0.2) is 12.3 Å². The molecule has 1 aromatic heterocycles. The summed E-state index contributed by atoms with van der Waals surface area (Å²) in [5.74, 6) is 0. The summed E-state index contributed by atoms with van der Waals surface area (Å²) in [6, 6.07) is 0. The fourth-order valence-corrected chi connectivity index (χ4v) is 0.911. The molecule has 0 radical (unpaired) electrons. The summed E-state index contributed by atoms with van der Waals surface area (Å²) < 4.78 is 0. The molecule has 0 aromatic carbocycles. The van der Waals surface area contributed by atoms with E-state index >= 15 is 0 Å². The Hall–Kier alpha value is -1.26. The van der Waals surface area contributed by atoms with Gasteiger partial charge in [-0.1, -0.05) is 6.08 Å². The Kier molecular flexibility index (Phi) is 3.73. The molecule has 0 spiro atoms. The molecule has 1 aromatic rings. The van der Waals surface area contributed by atoms with Gasteiger partial charge in [0.25, 0.3) is 0 Å². The molecule has 76 valence electrons. The summed E-state index contributed by atoms with van der Waals surface area (Å²) in [5.41, 5.74) is 2.44. The molecule has 0 amide bonds. The van der Waals surface area contributed by atoms with Crippen molar-refractivity contribution in [1.29, 1.82) is 0 Å². The molecule has 0 bridgehead atoms. The third kappa shape index (κ3) is 2.90. The van der Waals surface area contributed by atoms with Crippen LogP contribution in [0, 0.1) is 13.8 Å². The van der Waals surface area contributed by atoms with Gasteiger partial charge in [0.15, 0.2) is 0 Å². The average molecular weight is 194 g/mol. The predicted molar refractivity (Wildman–Crippen MR) is 53.6 cm³/mol. The van der Waals surface area contributed by atoms with Crippen molar-refractivity contribution in [3.63, 3.8) is 0 Å². The number of aliphatic hydroxyl groups excluding tert-OH is 2. The first-order valence-corrected chi connectivity index (χ1v) is 4.41. The molecule has 0 fully saturated rings. The van der Waals surface area contributed by atoms with E-state index in [0.717, 1.165) is 11.4 Å². The Morgan fingerprint density at radius 3 is 2.71 bits per heavy atom. The highest BCUT2D eigenvalue weighted by atomic mass is 16.3. The van der Waals surface area contributed by atoms with Crippen molar-refractivity contribution in [3.8, 4) is 0 Å². The van der Waals surface area contributed by atoms with E-state index in [4.69, 9.17) is 10.2 Å². The van der Waals surface area contributed by atoms with Crippen LogP contribution < -0.4 is 0 Å². The Bertz CT molecular complexity index is 337. The summed E-state index contributed by atoms with van der Waals surface area (Å²) in [6.45, 7) is 3.48. The van der Waals surface area contributed by atoms with E-state index in [-0.39, 0.29) is 6.61 Å². The van der Waals surface area contributed by atoms with Crippen molar-refractivity contribution in [2.75, 3.05) is 6.61 Å². The SMILES string of the molecule is Cc1ncc(/C=C/[C@H](O)CO)nc1C. The van der Waals surface area contributed by atoms with E-state index in [1.807, 2.05) is 13.8 Å². The zero-order chi connectivity index (χ0) is 10.6. The maximum Gasteiger partial charge on any atom is 0.0955 e. The third-order valence-electron chi connectivity index (χ3n) is 1.89. The number of hydrogen-bond donors (Lipinski definition) is 2. The number of rotatable bonds is 3. The highest BCUT2D eigenvalue weighted by molar-refractivity contribution is 5.44. The fourth-order valence-electron chi connectivity index (χ4n) is 0.911. The normalized spacial score (nSPS) is 13.4. The topological polar surface area (TPSA) is 66.2 Å². The molecule has 1 atom stereocenters. The van der Waals surface area contributed by atoms with Crippen LogP contribution in [0.25, 0.3) is 6.08 Å². The lowest BCUT2D eigenvalue weighted by atomic mass is 10.3. The van der Waals surface area contributed by atoms with Crippen molar-refractivity contribution in [3.05, 3.63) is 29.4 Å². The summed E-state index contributed by atoms with van der Waals surface area (Å²) in [7, 11) is 0. The monoisotopic (exact) mass is 194 g/mol. The Balaban J connectivity index is 2.77. The van der Waals surface area contributed by atoms with Gasteiger partial charge < -0.3 is 10.2 Å². The second-order valence-corrected chi connectivity index (χ2v) is 3.07. The van der Waals surface area contributed by atoms with Crippen molar-refractivity contribution in [2.45, 2.75) is 20.0 Å². The first-order valence-electron chi connectivity index (χ1n) is 4.41. The van der Waals surface area contributed by atoms with Crippen LogP contribution in [0.4, 0.5) is 0 Å². The van der Waals surface area contributed by atoms with Gasteiger partial charge in [-0.3, -0.25) is 9.97 Å². The van der Waals surface area contributed by atoms with Gasteiger partial charge in [-0.15, -0.1) is 0 Å². The van der Waals surface area contributed by atoms with Crippen LogP contribution >= 0.6 is 0 Å². The molecule has 0 saturated heterocycles. The lowest BCUT2D eigenvalue weighted by Crippen LogP contribution is -2.07. The standard InChI is InChI=1S/C10H14N2O2/c1-7-8(2)12-9(5-11-7)3-4-10(14)6-13/h3-5,10,13-14H,6H2,1-2H3/b4-3+/t10-/m0/s1. The third-order valence-corrected chi connectivity index (χ3v) is 1.89. The lowest BCUT2D eigenvalue weighted by Gasteiger charge is -2.00. The maximum atomic E-state index is 9.06. The zero-order valence-electron chi connectivity index (χ0n) is 8.31. The number of nitrogens with zero attached hydrogens (tertiary/aromatic N) is 2. The summed E-state index contributed by atoms with van der Waals surface area (Å²) >= 11 is 0. The van der Waals surface area contributed by atoms with Crippen molar-refractivity contribution in [2.24, 2.45) is 0 Å². The van der Waals surface area contributed by atoms with E-state index < -0.39 is 6.10 Å². The highest BCUT2D eigenvalue weighted by Crippen LogP contribution is 2.03. The molecule has 0 aliphatic heterocycles. The van der Waals surface area contributed by atoms with Crippen molar-refractivity contribution in [1.82, 2.24) is 9.97 Å². The quantitative estimate of drug-likeness (QED) is 0.733. The van der Waals surface area contributed by atoms with Gasteiger partial charge in [0.1, 0.15) is 0 Å². The molecule has 1 rings (SSSR count). The average Bonchev–Trinajstić information content (AvgIpc) is 2.19. The van der Waals surface area contributed by atoms with E-state index in [1.54, 1.807) is 12.3 Å². The number of hydrogen-bond acceptors (Lipinski definition) is 4. The Labute approximate surface area is 83.0 Å². The van der Waals surface area contributed by atoms with Crippen LogP contribution in [0.2, 0.25) is 0 Å². The van der Waals surface area contributed by atoms with Crippen LogP contribution in [0.1, 0.15) is 17.1 Å². The molecule has 4 nitrogen and oxygen atoms in total. The minimum Gasteiger partial charge on any atom is -0.393 e. The molecule has 0 saturated carbocycles. The van der Waals surface area contributed by atoms with Gasteiger partial charge in [0.05, 0.1) is 36.0 Å². The van der Waals surface area contributed by atoms with Gasteiger partial charge in [0, 0.05) is 0 Å². The minimum absolute atomic E-state index is 0.283. The van der Waals surface area contributed by atoms with Crippen LogP contribution in [-0.4, -0.2) is 32.9 Å². The second-order valence-electron chi connectivity index (χ2n) is 3.07. The van der Waals surface area contributed by atoms with Crippen LogP contribution in [-0.2, 0) is 0 Å². The van der Waals surface area contributed by atoms with Gasteiger partial charge in [-0.05, 0) is 19.9 Å². The van der Waals surface area contributed by atoms with Crippen molar-refractivity contribution < 1.29 is 10.2 Å².